The summed E-state index contributed by atoms with van der Waals surface area (Å²) >= 11 is 5.25. The quantitative estimate of drug-likeness (QED) is 0.805. The van der Waals surface area contributed by atoms with Gasteiger partial charge in [0.25, 0.3) is 0 Å². The van der Waals surface area contributed by atoms with Crippen LogP contribution in [0.15, 0.2) is 34.1 Å². The molecule has 20 heavy (non-hydrogen) atoms. The lowest BCUT2D eigenvalue weighted by Gasteiger charge is -2.19. The zero-order valence-electron chi connectivity index (χ0n) is 11.5. The number of rotatable bonds is 6. The van der Waals surface area contributed by atoms with E-state index in [1.807, 2.05) is 11.4 Å². The maximum absolute atomic E-state index is 13.6. The SMILES string of the molecule is CCCNC(c1ccc(F)c(OC)c1)c1sccc1Br. The van der Waals surface area contributed by atoms with E-state index < -0.39 is 0 Å². The molecular weight excluding hydrogens is 341 g/mol. The second-order valence-corrected chi connectivity index (χ2v) is 6.22. The topological polar surface area (TPSA) is 21.3 Å². The van der Waals surface area contributed by atoms with Crippen LogP contribution in [0, 0.1) is 5.82 Å². The highest BCUT2D eigenvalue weighted by molar-refractivity contribution is 9.10. The summed E-state index contributed by atoms with van der Waals surface area (Å²) in [5, 5.41) is 5.54. The number of nitrogens with one attached hydrogen (secondary N) is 1. The van der Waals surface area contributed by atoms with Gasteiger partial charge in [-0.15, -0.1) is 11.3 Å². The first-order valence-electron chi connectivity index (χ1n) is 6.47. The molecule has 2 nitrogen and oxygen atoms in total. The molecule has 1 atom stereocenters. The lowest BCUT2D eigenvalue weighted by Crippen LogP contribution is -2.22. The predicted octanol–water partition coefficient (Wildman–Crippen LogP) is 4.75. The van der Waals surface area contributed by atoms with Gasteiger partial charge in [-0.3, -0.25) is 0 Å². The van der Waals surface area contributed by atoms with Crippen LogP contribution in [0.1, 0.15) is 29.8 Å². The molecule has 2 aromatic rings. The van der Waals surface area contributed by atoms with Gasteiger partial charge in [-0.05, 0) is 58.0 Å². The van der Waals surface area contributed by atoms with Crippen LogP contribution in [0.25, 0.3) is 0 Å². The van der Waals surface area contributed by atoms with E-state index in [9.17, 15) is 4.39 Å². The zero-order valence-corrected chi connectivity index (χ0v) is 13.9. The molecule has 1 heterocycles. The Morgan fingerprint density at radius 2 is 2.20 bits per heavy atom. The Labute approximate surface area is 131 Å². The second kappa shape index (κ2) is 7.20. The predicted molar refractivity (Wildman–Crippen MR) is 85.1 cm³/mol. The third-order valence-corrected chi connectivity index (χ3v) is 4.95. The molecule has 0 spiro atoms. The fourth-order valence-electron chi connectivity index (χ4n) is 2.02. The molecule has 5 heteroatoms. The minimum Gasteiger partial charge on any atom is -0.494 e. The molecule has 0 amide bonds. The molecule has 0 fully saturated rings. The smallest absolute Gasteiger partial charge is 0.165 e. The average molecular weight is 358 g/mol. The molecular formula is C15H17BrFNOS. The first-order valence-corrected chi connectivity index (χ1v) is 8.14. The van der Waals surface area contributed by atoms with Gasteiger partial charge < -0.3 is 10.1 Å². The van der Waals surface area contributed by atoms with Crippen molar-refractivity contribution in [3.63, 3.8) is 0 Å². The van der Waals surface area contributed by atoms with Crippen molar-refractivity contribution in [3.8, 4) is 5.75 Å². The Kier molecular flexibility index (Phi) is 5.57. The summed E-state index contributed by atoms with van der Waals surface area (Å²) in [5.74, 6) is -0.0609. The highest BCUT2D eigenvalue weighted by Gasteiger charge is 2.19. The molecule has 0 saturated heterocycles. The Morgan fingerprint density at radius 1 is 1.40 bits per heavy atom. The van der Waals surface area contributed by atoms with Crippen LogP contribution in [-0.4, -0.2) is 13.7 Å². The van der Waals surface area contributed by atoms with E-state index in [-0.39, 0.29) is 17.6 Å². The monoisotopic (exact) mass is 357 g/mol. The minimum atomic E-state index is -0.337. The van der Waals surface area contributed by atoms with Crippen LogP contribution >= 0.6 is 27.3 Å². The van der Waals surface area contributed by atoms with Gasteiger partial charge in [0.05, 0.1) is 13.2 Å². The number of methoxy groups -OCH3 is 1. The molecule has 0 aliphatic heterocycles. The van der Waals surface area contributed by atoms with Crippen molar-refractivity contribution in [3.05, 3.63) is 50.4 Å². The van der Waals surface area contributed by atoms with Crippen molar-refractivity contribution in [2.24, 2.45) is 0 Å². The van der Waals surface area contributed by atoms with Crippen LogP contribution in [0.5, 0.6) is 5.75 Å². The number of thiophene rings is 1. The average Bonchev–Trinajstić information content (AvgIpc) is 2.87. The largest absolute Gasteiger partial charge is 0.494 e. The molecule has 0 radical (unpaired) electrons. The standard InChI is InChI=1S/C15H17BrFNOS/c1-3-7-18-14(15-11(16)6-8-20-15)10-4-5-12(17)13(9-10)19-2/h4-6,8-9,14,18H,3,7H2,1-2H3. The van der Waals surface area contributed by atoms with E-state index in [0.717, 1.165) is 23.0 Å². The van der Waals surface area contributed by atoms with Gasteiger partial charge >= 0.3 is 0 Å². The van der Waals surface area contributed by atoms with E-state index in [1.165, 1.54) is 18.1 Å². The van der Waals surface area contributed by atoms with Gasteiger partial charge in [0.1, 0.15) is 0 Å². The Morgan fingerprint density at radius 3 is 2.80 bits per heavy atom. The zero-order chi connectivity index (χ0) is 14.5. The maximum atomic E-state index is 13.6. The fourth-order valence-corrected chi connectivity index (χ4v) is 3.72. The molecule has 0 aliphatic rings. The molecule has 0 saturated carbocycles. The summed E-state index contributed by atoms with van der Waals surface area (Å²) in [6.07, 6.45) is 1.04. The Bertz CT molecular complexity index is 573. The van der Waals surface area contributed by atoms with Gasteiger partial charge in [0.15, 0.2) is 11.6 Å². The summed E-state index contributed by atoms with van der Waals surface area (Å²) in [4.78, 5) is 1.19. The van der Waals surface area contributed by atoms with Crippen molar-refractivity contribution >= 4 is 27.3 Å². The van der Waals surface area contributed by atoms with Crippen LogP contribution < -0.4 is 10.1 Å². The molecule has 1 aromatic heterocycles. The number of hydrogen-bond donors (Lipinski definition) is 1. The van der Waals surface area contributed by atoms with E-state index in [4.69, 9.17) is 4.74 Å². The van der Waals surface area contributed by atoms with Gasteiger partial charge in [-0.25, -0.2) is 4.39 Å². The number of halogens is 2. The van der Waals surface area contributed by atoms with Gasteiger partial charge in [-0.2, -0.15) is 0 Å². The summed E-state index contributed by atoms with van der Waals surface area (Å²) in [7, 11) is 1.48. The van der Waals surface area contributed by atoms with Crippen molar-refractivity contribution in [1.29, 1.82) is 0 Å². The second-order valence-electron chi connectivity index (χ2n) is 4.41. The normalized spacial score (nSPS) is 12.4. The summed E-state index contributed by atoms with van der Waals surface area (Å²) in [6.45, 7) is 3.02. The van der Waals surface area contributed by atoms with Crippen molar-refractivity contribution < 1.29 is 9.13 Å². The molecule has 1 aromatic carbocycles. The highest BCUT2D eigenvalue weighted by Crippen LogP contribution is 2.34. The van der Waals surface area contributed by atoms with Crippen LogP contribution in [0.4, 0.5) is 4.39 Å². The van der Waals surface area contributed by atoms with E-state index >= 15 is 0 Å². The van der Waals surface area contributed by atoms with E-state index in [2.05, 4.69) is 28.2 Å². The van der Waals surface area contributed by atoms with Crippen molar-refractivity contribution in [2.75, 3.05) is 13.7 Å². The fraction of sp³-hybridized carbons (Fsp3) is 0.333. The summed E-state index contributed by atoms with van der Waals surface area (Å²) < 4.78 is 19.7. The summed E-state index contributed by atoms with van der Waals surface area (Å²) in [6, 6.07) is 7.09. The van der Waals surface area contributed by atoms with Crippen molar-refractivity contribution in [1.82, 2.24) is 5.32 Å². The molecule has 0 bridgehead atoms. The first kappa shape index (κ1) is 15.5. The lowest BCUT2D eigenvalue weighted by atomic mass is 10.0. The van der Waals surface area contributed by atoms with E-state index in [0.29, 0.717) is 0 Å². The number of ether oxygens (including phenoxy) is 1. The third kappa shape index (κ3) is 3.40. The maximum Gasteiger partial charge on any atom is 0.165 e. The number of benzene rings is 1. The third-order valence-electron chi connectivity index (χ3n) is 3.01. The van der Waals surface area contributed by atoms with Crippen LogP contribution in [0.3, 0.4) is 0 Å². The van der Waals surface area contributed by atoms with E-state index in [1.54, 1.807) is 23.5 Å². The van der Waals surface area contributed by atoms with Crippen LogP contribution in [0.2, 0.25) is 0 Å². The van der Waals surface area contributed by atoms with Crippen molar-refractivity contribution in [2.45, 2.75) is 19.4 Å². The molecule has 108 valence electrons. The molecule has 2 rings (SSSR count). The van der Waals surface area contributed by atoms with Crippen LogP contribution in [-0.2, 0) is 0 Å². The molecule has 1 unspecified atom stereocenters. The highest BCUT2D eigenvalue weighted by atomic mass is 79.9. The lowest BCUT2D eigenvalue weighted by molar-refractivity contribution is 0.385. The first-order chi connectivity index (χ1) is 9.67. The molecule has 1 N–H and O–H groups in total. The Hall–Kier alpha value is -0.910. The minimum absolute atomic E-state index is 0.0406. The van der Waals surface area contributed by atoms with Gasteiger partial charge in [0.2, 0.25) is 0 Å². The van der Waals surface area contributed by atoms with Gasteiger partial charge in [-0.1, -0.05) is 13.0 Å². The number of hydrogen-bond acceptors (Lipinski definition) is 3. The van der Waals surface area contributed by atoms with Gasteiger partial charge in [0, 0.05) is 9.35 Å². The summed E-state index contributed by atoms with van der Waals surface area (Å²) in [5.41, 5.74) is 1.000. The Balaban J connectivity index is 2.38. The molecule has 0 aliphatic carbocycles.